The lowest BCUT2D eigenvalue weighted by molar-refractivity contribution is 0.0949. The molecule has 0 bridgehead atoms. The zero-order chi connectivity index (χ0) is 19.4. The summed E-state index contributed by atoms with van der Waals surface area (Å²) in [7, 11) is 0. The van der Waals surface area contributed by atoms with E-state index < -0.39 is 6.03 Å². The number of primary amides is 1. The molecule has 5 N–H and O–H groups in total. The summed E-state index contributed by atoms with van der Waals surface area (Å²) in [6.07, 6.45) is 2.04. The Hall–Kier alpha value is -3.35. The molecular formula is C20H22N4O3. The lowest BCUT2D eigenvalue weighted by Crippen LogP contribution is -2.28. The number of carbonyl (C=O) groups excluding carboxylic acids is 3. The van der Waals surface area contributed by atoms with Gasteiger partial charge in [-0.3, -0.25) is 9.59 Å². The van der Waals surface area contributed by atoms with Crippen LogP contribution >= 0.6 is 0 Å². The van der Waals surface area contributed by atoms with E-state index in [0.29, 0.717) is 23.4 Å². The fourth-order valence-corrected chi connectivity index (χ4v) is 2.55. The Morgan fingerprint density at radius 3 is 2.30 bits per heavy atom. The van der Waals surface area contributed by atoms with Crippen LogP contribution in [0.2, 0.25) is 0 Å². The van der Waals surface area contributed by atoms with Crippen LogP contribution in [0.5, 0.6) is 0 Å². The molecule has 140 valence electrons. The third-order valence-electron chi connectivity index (χ3n) is 4.34. The molecule has 0 atom stereocenters. The lowest BCUT2D eigenvalue weighted by atomic mass is 10.1. The maximum absolute atomic E-state index is 12.5. The average molecular weight is 366 g/mol. The van der Waals surface area contributed by atoms with Crippen molar-refractivity contribution in [2.24, 2.45) is 5.73 Å². The van der Waals surface area contributed by atoms with Crippen molar-refractivity contribution < 1.29 is 14.4 Å². The number of nitrogens with two attached hydrogens (primary N) is 1. The number of nitrogens with one attached hydrogen (secondary N) is 3. The third kappa shape index (κ3) is 5.07. The maximum atomic E-state index is 12.5. The number of hydrogen-bond acceptors (Lipinski definition) is 3. The molecule has 1 saturated carbocycles. The average Bonchev–Trinajstić information content (AvgIpc) is 3.46. The SMILES string of the molecule is Cc1ccc(C(=O)NC2CC2)cc1NC(=O)c1ccc(CNC(N)=O)cc1. The van der Waals surface area contributed by atoms with Gasteiger partial charge in [-0.25, -0.2) is 4.79 Å². The van der Waals surface area contributed by atoms with Crippen molar-refractivity contribution in [2.45, 2.75) is 32.4 Å². The zero-order valence-electron chi connectivity index (χ0n) is 15.0. The van der Waals surface area contributed by atoms with E-state index in [1.165, 1.54) is 0 Å². The van der Waals surface area contributed by atoms with Crippen LogP contribution < -0.4 is 21.7 Å². The lowest BCUT2D eigenvalue weighted by Gasteiger charge is -2.11. The Labute approximate surface area is 157 Å². The second kappa shape index (κ2) is 7.90. The minimum atomic E-state index is -0.599. The molecule has 7 heteroatoms. The van der Waals surface area contributed by atoms with Gasteiger partial charge in [-0.2, -0.15) is 0 Å². The quantitative estimate of drug-likeness (QED) is 0.629. The first-order valence-electron chi connectivity index (χ1n) is 8.77. The number of amides is 4. The number of anilines is 1. The second-order valence-corrected chi connectivity index (χ2v) is 6.65. The highest BCUT2D eigenvalue weighted by Crippen LogP contribution is 2.22. The van der Waals surface area contributed by atoms with Crippen LogP contribution in [0.25, 0.3) is 0 Å². The van der Waals surface area contributed by atoms with E-state index in [1.54, 1.807) is 36.4 Å². The summed E-state index contributed by atoms with van der Waals surface area (Å²) >= 11 is 0. The van der Waals surface area contributed by atoms with Crippen LogP contribution in [-0.2, 0) is 6.54 Å². The molecule has 4 amide bonds. The fraction of sp³-hybridized carbons (Fsp3) is 0.250. The van der Waals surface area contributed by atoms with Crippen molar-refractivity contribution in [3.63, 3.8) is 0 Å². The van der Waals surface area contributed by atoms with Gasteiger partial charge in [-0.15, -0.1) is 0 Å². The van der Waals surface area contributed by atoms with Crippen LogP contribution in [0.15, 0.2) is 42.5 Å². The molecule has 1 aliphatic rings. The fourth-order valence-electron chi connectivity index (χ4n) is 2.55. The molecule has 0 aromatic heterocycles. The minimum absolute atomic E-state index is 0.126. The predicted octanol–water partition coefficient (Wildman–Crippen LogP) is 2.31. The monoisotopic (exact) mass is 366 g/mol. The molecule has 0 aliphatic heterocycles. The molecule has 2 aromatic carbocycles. The van der Waals surface area contributed by atoms with Crippen molar-refractivity contribution >= 4 is 23.5 Å². The van der Waals surface area contributed by atoms with Crippen LogP contribution in [0, 0.1) is 6.92 Å². The first kappa shape index (κ1) is 18.4. The number of aryl methyl sites for hydroxylation is 1. The summed E-state index contributed by atoms with van der Waals surface area (Å²) in [5, 5.41) is 8.28. The van der Waals surface area contributed by atoms with E-state index in [1.807, 2.05) is 13.0 Å². The second-order valence-electron chi connectivity index (χ2n) is 6.65. The highest BCUT2D eigenvalue weighted by Gasteiger charge is 2.24. The van der Waals surface area contributed by atoms with Crippen molar-refractivity contribution in [1.29, 1.82) is 0 Å². The molecule has 3 rings (SSSR count). The molecule has 1 fully saturated rings. The van der Waals surface area contributed by atoms with Gasteiger partial charge in [0.25, 0.3) is 11.8 Å². The van der Waals surface area contributed by atoms with E-state index in [2.05, 4.69) is 16.0 Å². The first-order valence-corrected chi connectivity index (χ1v) is 8.77. The molecule has 0 radical (unpaired) electrons. The van der Waals surface area contributed by atoms with E-state index in [4.69, 9.17) is 5.73 Å². The van der Waals surface area contributed by atoms with Gasteiger partial charge in [-0.05, 0) is 55.2 Å². The number of carbonyl (C=O) groups is 3. The summed E-state index contributed by atoms with van der Waals surface area (Å²) < 4.78 is 0. The third-order valence-corrected chi connectivity index (χ3v) is 4.34. The molecule has 0 saturated heterocycles. The molecule has 1 aliphatic carbocycles. The summed E-state index contributed by atoms with van der Waals surface area (Å²) in [4.78, 5) is 35.4. The molecule has 27 heavy (non-hydrogen) atoms. The van der Waals surface area contributed by atoms with Crippen LogP contribution in [0.3, 0.4) is 0 Å². The van der Waals surface area contributed by atoms with E-state index in [9.17, 15) is 14.4 Å². The van der Waals surface area contributed by atoms with Gasteiger partial charge in [0.15, 0.2) is 0 Å². The molecule has 0 heterocycles. The van der Waals surface area contributed by atoms with Crippen molar-refractivity contribution in [1.82, 2.24) is 10.6 Å². The Bertz CT molecular complexity index is 873. The Morgan fingerprint density at radius 2 is 1.67 bits per heavy atom. The van der Waals surface area contributed by atoms with Crippen LogP contribution in [-0.4, -0.2) is 23.9 Å². The van der Waals surface area contributed by atoms with Gasteiger partial charge in [-0.1, -0.05) is 18.2 Å². The van der Waals surface area contributed by atoms with Crippen molar-refractivity contribution in [3.05, 3.63) is 64.7 Å². The first-order chi connectivity index (χ1) is 12.9. The summed E-state index contributed by atoms with van der Waals surface area (Å²) in [6.45, 7) is 2.17. The molecule has 0 unspecified atom stereocenters. The number of rotatable bonds is 6. The normalized spacial score (nSPS) is 12.9. The Morgan fingerprint density at radius 1 is 1.00 bits per heavy atom. The molecule has 0 spiro atoms. The Kier molecular flexibility index (Phi) is 5.40. The van der Waals surface area contributed by atoms with Crippen molar-refractivity contribution in [2.75, 3.05) is 5.32 Å². The smallest absolute Gasteiger partial charge is 0.312 e. The van der Waals surface area contributed by atoms with Crippen LogP contribution in [0.1, 0.15) is 44.7 Å². The molecular weight excluding hydrogens is 344 g/mol. The Balaban J connectivity index is 1.67. The zero-order valence-corrected chi connectivity index (χ0v) is 15.0. The predicted molar refractivity (Wildman–Crippen MR) is 102 cm³/mol. The van der Waals surface area contributed by atoms with E-state index >= 15 is 0 Å². The van der Waals surface area contributed by atoms with Crippen molar-refractivity contribution in [3.8, 4) is 0 Å². The minimum Gasteiger partial charge on any atom is -0.352 e. The standard InChI is InChI=1S/C20H22N4O3/c1-12-2-5-15(19(26)23-16-8-9-16)10-17(12)24-18(25)14-6-3-13(4-7-14)11-22-20(21)27/h2-7,10,16H,8-9,11H2,1H3,(H,23,26)(H,24,25)(H3,21,22,27). The maximum Gasteiger partial charge on any atom is 0.312 e. The molecule has 7 nitrogen and oxygen atoms in total. The van der Waals surface area contributed by atoms with Gasteiger partial charge in [0, 0.05) is 29.4 Å². The largest absolute Gasteiger partial charge is 0.352 e. The van der Waals surface area contributed by atoms with Gasteiger partial charge >= 0.3 is 6.03 Å². The molecule has 2 aromatic rings. The van der Waals surface area contributed by atoms with E-state index in [-0.39, 0.29) is 17.9 Å². The topological polar surface area (TPSA) is 113 Å². The highest BCUT2D eigenvalue weighted by atomic mass is 16.2. The number of hydrogen-bond donors (Lipinski definition) is 4. The van der Waals surface area contributed by atoms with Gasteiger partial charge in [0.1, 0.15) is 0 Å². The summed E-state index contributed by atoms with van der Waals surface area (Å²) in [5.41, 5.74) is 8.34. The van der Waals surface area contributed by atoms with Gasteiger partial charge < -0.3 is 21.7 Å². The summed E-state index contributed by atoms with van der Waals surface area (Å²) in [5.74, 6) is -0.397. The van der Waals surface area contributed by atoms with Gasteiger partial charge in [0.2, 0.25) is 0 Å². The summed E-state index contributed by atoms with van der Waals surface area (Å²) in [6, 6.07) is 11.8. The van der Waals surface area contributed by atoms with E-state index in [0.717, 1.165) is 24.0 Å². The van der Waals surface area contributed by atoms with Gasteiger partial charge in [0.05, 0.1) is 0 Å². The number of urea groups is 1. The number of benzene rings is 2. The highest BCUT2D eigenvalue weighted by molar-refractivity contribution is 6.05. The van der Waals surface area contributed by atoms with Crippen LogP contribution in [0.4, 0.5) is 10.5 Å².